The van der Waals surface area contributed by atoms with E-state index in [2.05, 4.69) is 10.7 Å². The van der Waals surface area contributed by atoms with E-state index >= 15 is 0 Å². The number of benzene rings is 1. The van der Waals surface area contributed by atoms with Gasteiger partial charge in [0, 0.05) is 19.6 Å². The molecule has 0 aliphatic rings. The van der Waals surface area contributed by atoms with E-state index < -0.39 is 23.4 Å². The first-order valence-corrected chi connectivity index (χ1v) is 9.58. The molecule has 0 aliphatic carbocycles. The summed E-state index contributed by atoms with van der Waals surface area (Å²) in [5.74, 6) is 0. The molecule has 2 N–H and O–H groups in total. The van der Waals surface area contributed by atoms with Gasteiger partial charge in [-0.1, -0.05) is 30.3 Å². The van der Waals surface area contributed by atoms with Crippen LogP contribution in [0.4, 0.5) is 9.59 Å². The molecule has 1 aromatic rings. The monoisotopic (exact) mass is 393 g/mol. The van der Waals surface area contributed by atoms with E-state index in [4.69, 9.17) is 9.47 Å². The molecular formula is C21H35N3O4. The molecule has 0 aliphatic heterocycles. The SMILES string of the molecule is CN(CC[C@H](Cc1ccccc1)NC(=O)OC(C)(C)C)NC(=O)OC(C)(C)C. The summed E-state index contributed by atoms with van der Waals surface area (Å²) in [6, 6.07) is 9.80. The molecule has 28 heavy (non-hydrogen) atoms. The molecule has 0 saturated heterocycles. The molecule has 1 rings (SSSR count). The fourth-order valence-electron chi connectivity index (χ4n) is 2.46. The molecule has 0 spiro atoms. The van der Waals surface area contributed by atoms with Crippen molar-refractivity contribution in [3.05, 3.63) is 35.9 Å². The number of nitrogens with zero attached hydrogens (tertiary/aromatic N) is 1. The Labute approximate surface area is 168 Å². The molecule has 158 valence electrons. The lowest BCUT2D eigenvalue weighted by Crippen LogP contribution is -2.46. The fraction of sp³-hybridized carbons (Fsp3) is 0.619. The summed E-state index contributed by atoms with van der Waals surface area (Å²) in [5, 5.41) is 4.59. The van der Waals surface area contributed by atoms with Gasteiger partial charge >= 0.3 is 12.2 Å². The predicted molar refractivity (Wildman–Crippen MR) is 110 cm³/mol. The molecule has 0 fully saturated rings. The van der Waals surface area contributed by atoms with Gasteiger partial charge in [0.1, 0.15) is 11.2 Å². The first-order chi connectivity index (χ1) is 12.8. The molecule has 0 unspecified atom stereocenters. The van der Waals surface area contributed by atoms with Gasteiger partial charge in [0.2, 0.25) is 0 Å². The number of hydrogen-bond donors (Lipinski definition) is 2. The summed E-state index contributed by atoms with van der Waals surface area (Å²) in [7, 11) is 1.76. The Morgan fingerprint density at radius 1 is 0.964 bits per heavy atom. The number of hydrazine groups is 1. The maximum Gasteiger partial charge on any atom is 0.422 e. The van der Waals surface area contributed by atoms with Crippen molar-refractivity contribution in [1.29, 1.82) is 0 Å². The van der Waals surface area contributed by atoms with Crippen molar-refractivity contribution in [2.45, 2.75) is 71.6 Å². The average molecular weight is 394 g/mol. The summed E-state index contributed by atoms with van der Waals surface area (Å²) in [6.45, 7) is 11.5. The second-order valence-corrected chi connectivity index (χ2v) is 8.86. The molecule has 0 saturated carbocycles. The van der Waals surface area contributed by atoms with Gasteiger partial charge < -0.3 is 14.8 Å². The number of alkyl carbamates (subject to hydrolysis) is 1. The second kappa shape index (κ2) is 10.3. The zero-order valence-electron chi connectivity index (χ0n) is 18.2. The highest BCUT2D eigenvalue weighted by Gasteiger charge is 2.21. The van der Waals surface area contributed by atoms with Gasteiger partial charge in [-0.05, 0) is 59.9 Å². The van der Waals surface area contributed by atoms with Crippen LogP contribution in [0.2, 0.25) is 0 Å². The lowest BCUT2D eigenvalue weighted by atomic mass is 10.0. The van der Waals surface area contributed by atoms with Crippen molar-refractivity contribution < 1.29 is 19.1 Å². The summed E-state index contributed by atoms with van der Waals surface area (Å²) in [5.41, 5.74) is 2.68. The van der Waals surface area contributed by atoms with Crippen LogP contribution in [-0.2, 0) is 15.9 Å². The minimum absolute atomic E-state index is 0.139. The highest BCUT2D eigenvalue weighted by atomic mass is 16.6. The van der Waals surface area contributed by atoms with Gasteiger partial charge in [-0.2, -0.15) is 0 Å². The molecule has 0 aromatic heterocycles. The van der Waals surface area contributed by atoms with Crippen LogP contribution >= 0.6 is 0 Å². The van der Waals surface area contributed by atoms with Crippen LogP contribution in [0.15, 0.2) is 30.3 Å². The number of hydrogen-bond acceptors (Lipinski definition) is 5. The van der Waals surface area contributed by atoms with E-state index in [9.17, 15) is 9.59 Å². The third-order valence-electron chi connectivity index (χ3n) is 3.54. The number of ether oxygens (including phenoxy) is 2. The molecule has 7 heteroatoms. The van der Waals surface area contributed by atoms with Crippen LogP contribution in [0.25, 0.3) is 0 Å². The third kappa shape index (κ3) is 11.4. The first kappa shape index (κ1) is 23.8. The topological polar surface area (TPSA) is 79.9 Å². The zero-order valence-corrected chi connectivity index (χ0v) is 18.2. The first-order valence-electron chi connectivity index (χ1n) is 9.58. The van der Waals surface area contributed by atoms with Crippen LogP contribution in [0, 0.1) is 0 Å². The fourth-order valence-corrected chi connectivity index (χ4v) is 2.46. The normalized spacial score (nSPS) is 13.0. The lowest BCUT2D eigenvalue weighted by molar-refractivity contribution is 0.0353. The van der Waals surface area contributed by atoms with Crippen molar-refractivity contribution in [1.82, 2.24) is 15.8 Å². The molecule has 7 nitrogen and oxygen atoms in total. The highest BCUT2D eigenvalue weighted by Crippen LogP contribution is 2.11. The summed E-state index contributed by atoms with van der Waals surface area (Å²) >= 11 is 0. The van der Waals surface area contributed by atoms with Crippen LogP contribution < -0.4 is 10.7 Å². The standard InChI is InChI=1S/C21H35N3O4/c1-20(2,3)27-18(25)22-17(15-16-11-9-8-10-12-16)13-14-24(7)23-19(26)28-21(4,5)6/h8-12,17H,13-15H2,1-7H3,(H,22,25)(H,23,26)/t17-/m1/s1. The number of carbonyl (C=O) groups excluding carboxylic acids is 2. The smallest absolute Gasteiger partial charge is 0.422 e. The van der Waals surface area contributed by atoms with Crippen molar-refractivity contribution in [2.75, 3.05) is 13.6 Å². The van der Waals surface area contributed by atoms with Gasteiger partial charge in [-0.25, -0.2) is 14.6 Å². The Morgan fingerprint density at radius 2 is 1.50 bits per heavy atom. The van der Waals surface area contributed by atoms with Crippen LogP contribution in [0.1, 0.15) is 53.5 Å². The van der Waals surface area contributed by atoms with Crippen molar-refractivity contribution in [2.24, 2.45) is 0 Å². The van der Waals surface area contributed by atoms with Gasteiger partial charge in [0.05, 0.1) is 0 Å². The van der Waals surface area contributed by atoms with E-state index in [1.807, 2.05) is 71.9 Å². The highest BCUT2D eigenvalue weighted by molar-refractivity contribution is 5.68. The Kier molecular flexibility index (Phi) is 8.75. The van der Waals surface area contributed by atoms with E-state index in [0.717, 1.165) is 5.56 Å². The van der Waals surface area contributed by atoms with Gasteiger partial charge in [-0.3, -0.25) is 5.43 Å². The van der Waals surface area contributed by atoms with Crippen LogP contribution in [0.5, 0.6) is 0 Å². The Hall–Kier alpha value is -2.28. The number of rotatable bonds is 7. The number of carbonyl (C=O) groups is 2. The van der Waals surface area contributed by atoms with E-state index in [1.54, 1.807) is 12.1 Å². The lowest BCUT2D eigenvalue weighted by Gasteiger charge is -2.26. The molecule has 1 atom stereocenters. The van der Waals surface area contributed by atoms with Gasteiger partial charge in [-0.15, -0.1) is 0 Å². The van der Waals surface area contributed by atoms with Crippen LogP contribution in [0.3, 0.4) is 0 Å². The largest absolute Gasteiger partial charge is 0.444 e. The summed E-state index contributed by atoms with van der Waals surface area (Å²) in [4.78, 5) is 24.1. The Morgan fingerprint density at radius 3 is 2.04 bits per heavy atom. The Balaban J connectivity index is 2.63. The van der Waals surface area contributed by atoms with Crippen LogP contribution in [-0.4, -0.2) is 48.0 Å². The molecule has 1 aromatic carbocycles. The predicted octanol–water partition coefficient (Wildman–Crippen LogP) is 3.88. The number of nitrogens with one attached hydrogen (secondary N) is 2. The van der Waals surface area contributed by atoms with E-state index in [-0.39, 0.29) is 6.04 Å². The van der Waals surface area contributed by atoms with E-state index in [1.165, 1.54) is 0 Å². The molecule has 2 amide bonds. The van der Waals surface area contributed by atoms with Gasteiger partial charge in [0.25, 0.3) is 0 Å². The van der Waals surface area contributed by atoms with Crippen molar-refractivity contribution in [3.8, 4) is 0 Å². The maximum absolute atomic E-state index is 12.2. The zero-order chi connectivity index (χ0) is 21.4. The number of amides is 2. The Bertz CT molecular complexity index is 621. The third-order valence-corrected chi connectivity index (χ3v) is 3.54. The molecule has 0 heterocycles. The summed E-state index contributed by atoms with van der Waals surface area (Å²) in [6.07, 6.45) is 0.340. The maximum atomic E-state index is 12.2. The van der Waals surface area contributed by atoms with Crippen molar-refractivity contribution >= 4 is 12.2 Å². The minimum Gasteiger partial charge on any atom is -0.444 e. The molecule has 0 bridgehead atoms. The molecular weight excluding hydrogens is 358 g/mol. The van der Waals surface area contributed by atoms with Gasteiger partial charge in [0.15, 0.2) is 0 Å². The van der Waals surface area contributed by atoms with Crippen molar-refractivity contribution in [3.63, 3.8) is 0 Å². The quantitative estimate of drug-likeness (QED) is 0.687. The summed E-state index contributed by atoms with van der Waals surface area (Å²) < 4.78 is 10.6. The van der Waals surface area contributed by atoms with E-state index in [0.29, 0.717) is 19.4 Å². The minimum atomic E-state index is -0.559. The molecule has 0 radical (unpaired) electrons. The average Bonchev–Trinajstić information content (AvgIpc) is 2.49. The second-order valence-electron chi connectivity index (χ2n) is 8.86.